The van der Waals surface area contributed by atoms with Gasteiger partial charge in [-0.1, -0.05) is 11.6 Å². The molecule has 0 aromatic heterocycles. The normalized spacial score (nSPS) is 15.8. The van der Waals surface area contributed by atoms with Gasteiger partial charge in [0.25, 0.3) is 0 Å². The number of benzene rings is 1. The van der Waals surface area contributed by atoms with Gasteiger partial charge in [0.05, 0.1) is 24.8 Å². The zero-order chi connectivity index (χ0) is 15.2. The van der Waals surface area contributed by atoms with E-state index in [1.165, 1.54) is 14.2 Å². The van der Waals surface area contributed by atoms with Gasteiger partial charge in [-0.25, -0.2) is 0 Å². The first kappa shape index (κ1) is 16.1. The highest BCUT2D eigenvalue weighted by molar-refractivity contribution is 6.32. The van der Waals surface area contributed by atoms with Crippen molar-refractivity contribution in [3.63, 3.8) is 0 Å². The number of ketones is 1. The molecule has 0 bridgehead atoms. The predicted octanol–water partition coefficient (Wildman–Crippen LogP) is 1.84. The lowest BCUT2D eigenvalue weighted by atomic mass is 10.1. The van der Waals surface area contributed by atoms with Crippen LogP contribution in [0.1, 0.15) is 16.8 Å². The molecule has 1 aliphatic rings. The molecule has 0 aliphatic carbocycles. The third-order valence-electron chi connectivity index (χ3n) is 3.64. The van der Waals surface area contributed by atoms with E-state index in [0.29, 0.717) is 28.5 Å². The van der Waals surface area contributed by atoms with Crippen LogP contribution in [0.4, 0.5) is 0 Å². The van der Waals surface area contributed by atoms with E-state index in [1.54, 1.807) is 12.1 Å². The van der Waals surface area contributed by atoms with Gasteiger partial charge in [-0.2, -0.15) is 0 Å². The SMILES string of the molecule is COc1cc(OC)c(C(=O)CCN2CCNCC2)cc1Cl. The van der Waals surface area contributed by atoms with Gasteiger partial charge in [0.1, 0.15) is 11.5 Å². The minimum absolute atomic E-state index is 0.0370. The Hall–Kier alpha value is -1.30. The number of halogens is 1. The molecule has 0 unspecified atom stereocenters. The second-order valence-corrected chi connectivity index (χ2v) is 5.36. The summed E-state index contributed by atoms with van der Waals surface area (Å²) in [6, 6.07) is 3.28. The summed E-state index contributed by atoms with van der Waals surface area (Å²) < 4.78 is 10.4. The Morgan fingerprint density at radius 2 is 1.90 bits per heavy atom. The standard InChI is InChI=1S/C15H21ClN2O3/c1-20-14-10-15(21-2)12(16)9-11(14)13(19)3-6-18-7-4-17-5-8-18/h9-10,17H,3-8H2,1-2H3. The maximum atomic E-state index is 12.4. The molecule has 1 aromatic rings. The van der Waals surface area contributed by atoms with Gasteiger partial charge in [-0.15, -0.1) is 0 Å². The molecule has 1 N–H and O–H groups in total. The first-order chi connectivity index (χ1) is 10.2. The average Bonchev–Trinajstić information content (AvgIpc) is 2.53. The smallest absolute Gasteiger partial charge is 0.167 e. The van der Waals surface area contributed by atoms with Gasteiger partial charge >= 0.3 is 0 Å². The van der Waals surface area contributed by atoms with E-state index in [-0.39, 0.29) is 5.78 Å². The highest BCUT2D eigenvalue weighted by Gasteiger charge is 2.18. The lowest BCUT2D eigenvalue weighted by Crippen LogP contribution is -2.44. The summed E-state index contributed by atoms with van der Waals surface area (Å²) in [5.74, 6) is 1.05. The van der Waals surface area contributed by atoms with Crippen molar-refractivity contribution >= 4 is 17.4 Å². The van der Waals surface area contributed by atoms with E-state index in [0.717, 1.165) is 32.7 Å². The second kappa shape index (κ2) is 7.64. The number of rotatable bonds is 6. The number of carbonyl (C=O) groups is 1. The summed E-state index contributed by atoms with van der Waals surface area (Å²) in [5.41, 5.74) is 0.512. The van der Waals surface area contributed by atoms with Crippen LogP contribution in [0.2, 0.25) is 5.02 Å². The summed E-state index contributed by atoms with van der Waals surface area (Å²) in [7, 11) is 3.07. The fourth-order valence-corrected chi connectivity index (χ4v) is 2.65. The minimum atomic E-state index is 0.0370. The molecule has 1 heterocycles. The second-order valence-electron chi connectivity index (χ2n) is 4.95. The van der Waals surface area contributed by atoms with E-state index >= 15 is 0 Å². The highest BCUT2D eigenvalue weighted by Crippen LogP contribution is 2.33. The fraction of sp³-hybridized carbons (Fsp3) is 0.533. The Labute approximate surface area is 130 Å². The molecule has 0 spiro atoms. The Balaban J connectivity index is 2.05. The van der Waals surface area contributed by atoms with Crippen molar-refractivity contribution in [3.8, 4) is 11.5 Å². The van der Waals surface area contributed by atoms with E-state index in [2.05, 4.69) is 10.2 Å². The number of ether oxygens (including phenoxy) is 2. The van der Waals surface area contributed by atoms with Gasteiger partial charge in [0, 0.05) is 45.2 Å². The van der Waals surface area contributed by atoms with Crippen molar-refractivity contribution in [1.82, 2.24) is 10.2 Å². The lowest BCUT2D eigenvalue weighted by Gasteiger charge is -2.26. The van der Waals surface area contributed by atoms with Crippen molar-refractivity contribution < 1.29 is 14.3 Å². The average molecular weight is 313 g/mol. The van der Waals surface area contributed by atoms with Crippen LogP contribution in [0.5, 0.6) is 11.5 Å². The number of Topliss-reactive ketones (excluding diaryl/α,β-unsaturated/α-hetero) is 1. The first-order valence-electron chi connectivity index (χ1n) is 7.03. The van der Waals surface area contributed by atoms with E-state index in [4.69, 9.17) is 21.1 Å². The molecule has 1 saturated heterocycles. The number of hydrogen-bond donors (Lipinski definition) is 1. The topological polar surface area (TPSA) is 50.8 Å². The molecule has 2 rings (SSSR count). The van der Waals surface area contributed by atoms with E-state index in [1.807, 2.05) is 0 Å². The summed E-state index contributed by atoms with van der Waals surface area (Å²) >= 11 is 6.10. The van der Waals surface area contributed by atoms with Crippen LogP contribution in [0.3, 0.4) is 0 Å². The molecule has 116 valence electrons. The summed E-state index contributed by atoms with van der Waals surface area (Å²) in [5, 5.41) is 3.71. The third kappa shape index (κ3) is 4.09. The number of hydrogen-bond acceptors (Lipinski definition) is 5. The molecule has 0 saturated carbocycles. The zero-order valence-electron chi connectivity index (χ0n) is 12.4. The van der Waals surface area contributed by atoms with E-state index in [9.17, 15) is 4.79 Å². The highest BCUT2D eigenvalue weighted by atomic mass is 35.5. The summed E-state index contributed by atoms with van der Waals surface area (Å²) in [6.45, 7) is 4.67. The number of nitrogens with zero attached hydrogens (tertiary/aromatic N) is 1. The molecule has 1 aliphatic heterocycles. The molecular formula is C15H21ClN2O3. The van der Waals surface area contributed by atoms with Crippen LogP contribution < -0.4 is 14.8 Å². The van der Waals surface area contributed by atoms with Crippen LogP contribution in [0.25, 0.3) is 0 Å². The van der Waals surface area contributed by atoms with Crippen molar-refractivity contribution in [2.45, 2.75) is 6.42 Å². The summed E-state index contributed by atoms with van der Waals surface area (Å²) in [4.78, 5) is 14.7. The maximum Gasteiger partial charge on any atom is 0.167 e. The lowest BCUT2D eigenvalue weighted by molar-refractivity contribution is 0.0957. The molecule has 0 radical (unpaired) electrons. The van der Waals surface area contributed by atoms with Crippen LogP contribution in [-0.4, -0.2) is 57.6 Å². The number of methoxy groups -OCH3 is 2. The molecule has 5 nitrogen and oxygen atoms in total. The Bertz CT molecular complexity index is 502. The van der Waals surface area contributed by atoms with Crippen molar-refractivity contribution in [1.29, 1.82) is 0 Å². The van der Waals surface area contributed by atoms with Crippen molar-refractivity contribution in [2.24, 2.45) is 0 Å². The molecule has 21 heavy (non-hydrogen) atoms. The third-order valence-corrected chi connectivity index (χ3v) is 3.93. The van der Waals surface area contributed by atoms with E-state index < -0.39 is 0 Å². The molecule has 6 heteroatoms. The van der Waals surface area contributed by atoms with Crippen molar-refractivity contribution in [3.05, 3.63) is 22.7 Å². The Morgan fingerprint density at radius 3 is 2.52 bits per heavy atom. The largest absolute Gasteiger partial charge is 0.496 e. The monoisotopic (exact) mass is 312 g/mol. The molecule has 1 fully saturated rings. The van der Waals surface area contributed by atoms with Gasteiger partial charge in [0.2, 0.25) is 0 Å². The van der Waals surface area contributed by atoms with Gasteiger partial charge < -0.3 is 19.7 Å². The zero-order valence-corrected chi connectivity index (χ0v) is 13.2. The minimum Gasteiger partial charge on any atom is -0.496 e. The fourth-order valence-electron chi connectivity index (χ4n) is 2.41. The maximum absolute atomic E-state index is 12.4. The van der Waals surface area contributed by atoms with Crippen LogP contribution in [-0.2, 0) is 0 Å². The van der Waals surface area contributed by atoms with Crippen LogP contribution in [0, 0.1) is 0 Å². The molecular weight excluding hydrogens is 292 g/mol. The summed E-state index contributed by atoms with van der Waals surface area (Å²) in [6.07, 6.45) is 0.457. The van der Waals surface area contributed by atoms with Gasteiger partial charge in [-0.3, -0.25) is 4.79 Å². The number of nitrogens with one attached hydrogen (secondary N) is 1. The van der Waals surface area contributed by atoms with Gasteiger partial charge in [0.15, 0.2) is 5.78 Å². The van der Waals surface area contributed by atoms with Crippen molar-refractivity contribution in [2.75, 3.05) is 46.9 Å². The number of carbonyl (C=O) groups excluding carboxylic acids is 1. The van der Waals surface area contributed by atoms with Crippen LogP contribution in [0.15, 0.2) is 12.1 Å². The van der Waals surface area contributed by atoms with Crippen LogP contribution >= 0.6 is 11.6 Å². The molecule has 1 aromatic carbocycles. The van der Waals surface area contributed by atoms with Gasteiger partial charge in [-0.05, 0) is 6.07 Å². The molecule has 0 amide bonds. The quantitative estimate of drug-likeness (QED) is 0.812. The Kier molecular flexibility index (Phi) is 5.85. The Morgan fingerprint density at radius 1 is 1.24 bits per heavy atom. The first-order valence-corrected chi connectivity index (χ1v) is 7.41. The number of piperazine rings is 1. The molecule has 0 atom stereocenters. The predicted molar refractivity (Wildman–Crippen MR) is 82.8 cm³/mol.